The van der Waals surface area contributed by atoms with Crippen molar-refractivity contribution in [2.75, 3.05) is 0 Å². The SMILES string of the molecule is CCCC(C)OC(=O)Oc1ccc(C[C@](NC(C)CC)(OC(=O)CC(C)C)C(=O)O)cc1OC(=O)OC(C)CCC. The Morgan fingerprint density at radius 3 is 1.85 bits per heavy atom. The number of rotatable bonds is 17. The fraction of sp³-hybridized carbons (Fsp3) is 0.667. The van der Waals surface area contributed by atoms with E-state index < -0.39 is 36.1 Å². The smallest absolute Gasteiger partial charge is 0.477 e. The van der Waals surface area contributed by atoms with Gasteiger partial charge in [-0.2, -0.15) is 0 Å². The van der Waals surface area contributed by atoms with Crippen LogP contribution in [0, 0.1) is 5.92 Å². The lowest BCUT2D eigenvalue weighted by atomic mass is 10.00. The zero-order valence-electron chi connectivity index (χ0n) is 25.6. The summed E-state index contributed by atoms with van der Waals surface area (Å²) in [5.41, 5.74) is -1.78. The average Bonchev–Trinajstić information content (AvgIpc) is 2.84. The van der Waals surface area contributed by atoms with Crippen LogP contribution in [0.3, 0.4) is 0 Å². The summed E-state index contributed by atoms with van der Waals surface area (Å²) in [6.45, 7) is 14.6. The molecule has 0 bridgehead atoms. The van der Waals surface area contributed by atoms with Gasteiger partial charge in [-0.1, -0.05) is 53.5 Å². The summed E-state index contributed by atoms with van der Waals surface area (Å²) in [6.07, 6.45) is 0.304. The van der Waals surface area contributed by atoms with Crippen LogP contribution in [-0.4, -0.2) is 53.3 Å². The van der Waals surface area contributed by atoms with E-state index in [1.807, 2.05) is 34.6 Å². The number of carbonyl (C=O) groups is 4. The minimum Gasteiger partial charge on any atom is -0.477 e. The number of hydrogen-bond donors (Lipinski definition) is 2. The van der Waals surface area contributed by atoms with Gasteiger partial charge in [0.25, 0.3) is 5.72 Å². The standard InChI is InChI=1S/C30H47NO10/c1-9-12-21(7)37-28(35)39-24-15-14-23(17-25(24)40-29(36)38-22(8)13-10-2)18-30(27(33)34,31-20(6)11-3)41-26(32)16-19(4)5/h14-15,17,19-22,31H,9-13,16,18H2,1-8H3,(H,33,34)/t20?,21?,22?,30-/m0/s1. The molecule has 11 heteroatoms. The van der Waals surface area contributed by atoms with Crippen LogP contribution in [0.1, 0.15) is 99.5 Å². The van der Waals surface area contributed by atoms with Crippen molar-refractivity contribution in [2.45, 2.75) is 124 Å². The van der Waals surface area contributed by atoms with E-state index in [2.05, 4.69) is 5.32 Å². The molecule has 11 nitrogen and oxygen atoms in total. The van der Waals surface area contributed by atoms with Crippen molar-refractivity contribution in [3.63, 3.8) is 0 Å². The van der Waals surface area contributed by atoms with Gasteiger partial charge >= 0.3 is 24.2 Å². The van der Waals surface area contributed by atoms with Crippen molar-refractivity contribution in [3.05, 3.63) is 23.8 Å². The van der Waals surface area contributed by atoms with Crippen LogP contribution in [0.5, 0.6) is 11.5 Å². The van der Waals surface area contributed by atoms with Gasteiger partial charge in [-0.3, -0.25) is 10.1 Å². The van der Waals surface area contributed by atoms with Crippen LogP contribution in [-0.2, 0) is 30.2 Å². The Morgan fingerprint density at radius 2 is 1.39 bits per heavy atom. The van der Waals surface area contributed by atoms with Crippen molar-refractivity contribution < 1.29 is 48.0 Å². The predicted octanol–water partition coefficient (Wildman–Crippen LogP) is 6.40. The number of aliphatic carboxylic acids is 1. The van der Waals surface area contributed by atoms with Crippen LogP contribution in [0.2, 0.25) is 0 Å². The molecule has 2 N–H and O–H groups in total. The summed E-state index contributed by atoms with van der Waals surface area (Å²) in [5, 5.41) is 13.2. The van der Waals surface area contributed by atoms with E-state index in [-0.39, 0.29) is 42.4 Å². The Balaban J connectivity index is 3.44. The highest BCUT2D eigenvalue weighted by molar-refractivity contribution is 5.82. The van der Waals surface area contributed by atoms with Gasteiger partial charge < -0.3 is 28.8 Å². The molecule has 3 unspecified atom stereocenters. The Labute approximate surface area is 243 Å². The summed E-state index contributed by atoms with van der Waals surface area (Å²) < 4.78 is 26.8. The first-order valence-corrected chi connectivity index (χ1v) is 14.4. The second-order valence-corrected chi connectivity index (χ2v) is 10.8. The monoisotopic (exact) mass is 581 g/mol. The number of carboxylic acid groups (broad SMARTS) is 1. The molecular formula is C30H47NO10. The van der Waals surface area contributed by atoms with Gasteiger partial charge in [0.2, 0.25) is 0 Å². The number of carbonyl (C=O) groups excluding carboxylic acids is 3. The number of ether oxygens (including phenoxy) is 5. The molecule has 0 saturated heterocycles. The van der Waals surface area contributed by atoms with E-state index >= 15 is 0 Å². The first-order chi connectivity index (χ1) is 19.2. The largest absolute Gasteiger partial charge is 0.514 e. The van der Waals surface area contributed by atoms with E-state index in [4.69, 9.17) is 23.7 Å². The number of carboxylic acids is 1. The third-order valence-corrected chi connectivity index (χ3v) is 6.13. The Bertz CT molecular complexity index is 1010. The van der Waals surface area contributed by atoms with E-state index in [0.29, 0.717) is 24.8 Å². The molecule has 0 aliphatic heterocycles. The molecular weight excluding hydrogens is 534 g/mol. The van der Waals surface area contributed by atoms with E-state index in [1.165, 1.54) is 18.2 Å². The molecule has 0 spiro atoms. The Kier molecular flexibility index (Phi) is 15.2. The summed E-state index contributed by atoms with van der Waals surface area (Å²) in [4.78, 5) is 50.2. The molecule has 0 radical (unpaired) electrons. The average molecular weight is 582 g/mol. The van der Waals surface area contributed by atoms with Crippen molar-refractivity contribution in [1.29, 1.82) is 0 Å². The van der Waals surface area contributed by atoms with Crippen LogP contribution in [0.15, 0.2) is 18.2 Å². The first-order valence-electron chi connectivity index (χ1n) is 14.4. The molecule has 232 valence electrons. The second kappa shape index (κ2) is 17.5. The lowest BCUT2D eigenvalue weighted by molar-refractivity contribution is -0.185. The van der Waals surface area contributed by atoms with Crippen molar-refractivity contribution in [1.82, 2.24) is 5.32 Å². The lowest BCUT2D eigenvalue weighted by Gasteiger charge is -2.33. The maximum Gasteiger partial charge on any atom is 0.514 e. The molecule has 41 heavy (non-hydrogen) atoms. The van der Waals surface area contributed by atoms with Crippen LogP contribution < -0.4 is 14.8 Å². The van der Waals surface area contributed by atoms with Gasteiger partial charge in [0.1, 0.15) is 12.2 Å². The summed E-state index contributed by atoms with van der Waals surface area (Å²) in [6, 6.07) is 3.87. The third kappa shape index (κ3) is 12.8. The fourth-order valence-electron chi connectivity index (χ4n) is 3.97. The molecule has 1 rings (SSSR count). The molecule has 0 heterocycles. The molecule has 0 aromatic heterocycles. The fourth-order valence-corrected chi connectivity index (χ4v) is 3.97. The highest BCUT2D eigenvalue weighted by Gasteiger charge is 2.44. The summed E-state index contributed by atoms with van der Waals surface area (Å²) in [5.74, 6) is -2.43. The zero-order chi connectivity index (χ0) is 31.2. The van der Waals surface area contributed by atoms with Crippen LogP contribution in [0.25, 0.3) is 0 Å². The van der Waals surface area contributed by atoms with Crippen molar-refractivity contribution in [2.24, 2.45) is 5.92 Å². The molecule has 1 aromatic carbocycles. The Hall–Kier alpha value is -3.34. The van der Waals surface area contributed by atoms with Gasteiger partial charge in [-0.25, -0.2) is 14.4 Å². The number of nitrogens with one attached hydrogen (secondary N) is 1. The summed E-state index contributed by atoms with van der Waals surface area (Å²) in [7, 11) is 0. The minimum atomic E-state index is -2.11. The molecule has 0 aliphatic rings. The molecule has 0 amide bonds. The highest BCUT2D eigenvalue weighted by atomic mass is 16.7. The van der Waals surface area contributed by atoms with Gasteiger partial charge in [-0.05, 0) is 63.6 Å². The maximum atomic E-state index is 12.6. The van der Waals surface area contributed by atoms with E-state index in [9.17, 15) is 24.3 Å². The summed E-state index contributed by atoms with van der Waals surface area (Å²) >= 11 is 0. The normalized spacial score (nSPS) is 14.8. The molecule has 4 atom stereocenters. The molecule has 1 aromatic rings. The third-order valence-electron chi connectivity index (χ3n) is 6.13. The number of hydrogen-bond acceptors (Lipinski definition) is 10. The van der Waals surface area contributed by atoms with Crippen LogP contribution >= 0.6 is 0 Å². The zero-order valence-corrected chi connectivity index (χ0v) is 25.6. The van der Waals surface area contributed by atoms with Crippen molar-refractivity contribution >= 4 is 24.2 Å². The van der Waals surface area contributed by atoms with E-state index in [0.717, 1.165) is 12.8 Å². The van der Waals surface area contributed by atoms with Gasteiger partial charge in [0.15, 0.2) is 11.5 Å². The predicted molar refractivity (Wildman–Crippen MR) is 152 cm³/mol. The minimum absolute atomic E-state index is 0.0265. The van der Waals surface area contributed by atoms with E-state index in [1.54, 1.807) is 20.8 Å². The van der Waals surface area contributed by atoms with Gasteiger partial charge in [0.05, 0.1) is 0 Å². The van der Waals surface area contributed by atoms with Gasteiger partial charge in [0, 0.05) is 18.9 Å². The molecule has 0 fully saturated rings. The van der Waals surface area contributed by atoms with Crippen molar-refractivity contribution in [3.8, 4) is 11.5 Å². The highest BCUT2D eigenvalue weighted by Crippen LogP contribution is 2.32. The number of esters is 1. The van der Waals surface area contributed by atoms with Gasteiger partial charge in [-0.15, -0.1) is 0 Å². The number of benzene rings is 1. The molecule has 0 aliphatic carbocycles. The first kappa shape index (κ1) is 35.7. The van der Waals surface area contributed by atoms with Crippen LogP contribution in [0.4, 0.5) is 9.59 Å². The quantitative estimate of drug-likeness (QED) is 0.0912. The molecule has 0 saturated carbocycles. The second-order valence-electron chi connectivity index (χ2n) is 10.8. The lowest BCUT2D eigenvalue weighted by Crippen LogP contribution is -2.59. The maximum absolute atomic E-state index is 12.6. The Morgan fingerprint density at radius 1 is 0.854 bits per heavy atom. The topological polar surface area (TPSA) is 147 Å².